The van der Waals surface area contributed by atoms with E-state index < -0.39 is 15.4 Å². The summed E-state index contributed by atoms with van der Waals surface area (Å²) in [5.74, 6) is -0.0993. The molecule has 2 aromatic carbocycles. The SMILES string of the molecule is Cn1c(=O)c(-c2cc(C(=O)Cc3cccc(C(C)(C)C)c3)ccc2Cl)cc2cnc(S(C)(=O)=O)nc21. The summed E-state index contributed by atoms with van der Waals surface area (Å²) in [7, 11) is -2.14. The maximum absolute atomic E-state index is 13.2. The molecule has 0 bridgehead atoms. The number of rotatable bonds is 5. The molecule has 2 aromatic heterocycles. The zero-order valence-corrected chi connectivity index (χ0v) is 22.2. The average Bonchev–Trinajstić information content (AvgIpc) is 2.80. The predicted molar refractivity (Wildman–Crippen MR) is 142 cm³/mol. The van der Waals surface area contributed by atoms with Gasteiger partial charge < -0.3 is 0 Å². The van der Waals surface area contributed by atoms with E-state index in [4.69, 9.17) is 11.6 Å². The highest BCUT2D eigenvalue weighted by molar-refractivity contribution is 7.90. The number of fused-ring (bicyclic) bond motifs is 1. The number of aromatic nitrogens is 3. The first-order chi connectivity index (χ1) is 16.8. The molecule has 0 fully saturated rings. The largest absolute Gasteiger partial charge is 0.295 e. The Balaban J connectivity index is 1.75. The summed E-state index contributed by atoms with van der Waals surface area (Å²) < 4.78 is 24.9. The first-order valence-electron chi connectivity index (χ1n) is 11.2. The highest BCUT2D eigenvalue weighted by Crippen LogP contribution is 2.29. The van der Waals surface area contributed by atoms with E-state index >= 15 is 0 Å². The van der Waals surface area contributed by atoms with Crippen molar-refractivity contribution in [3.8, 4) is 11.1 Å². The molecular formula is C27H26ClN3O4S. The lowest BCUT2D eigenvalue weighted by Crippen LogP contribution is -2.21. The van der Waals surface area contributed by atoms with E-state index in [1.54, 1.807) is 24.3 Å². The molecular weight excluding hydrogens is 498 g/mol. The van der Waals surface area contributed by atoms with Gasteiger partial charge in [-0.25, -0.2) is 13.4 Å². The molecule has 0 unspecified atom stereocenters. The predicted octanol–water partition coefficient (Wildman–Crippen LogP) is 4.78. The van der Waals surface area contributed by atoms with Gasteiger partial charge in [0.05, 0.1) is 0 Å². The van der Waals surface area contributed by atoms with Gasteiger partial charge in [0.15, 0.2) is 5.78 Å². The molecule has 0 N–H and O–H groups in total. The van der Waals surface area contributed by atoms with Crippen LogP contribution in [0.15, 0.2) is 64.7 Å². The van der Waals surface area contributed by atoms with Crippen LogP contribution in [-0.2, 0) is 28.7 Å². The van der Waals surface area contributed by atoms with Gasteiger partial charge in [-0.2, -0.15) is 4.98 Å². The average molecular weight is 524 g/mol. The van der Waals surface area contributed by atoms with Gasteiger partial charge in [0.25, 0.3) is 5.56 Å². The summed E-state index contributed by atoms with van der Waals surface area (Å²) in [6, 6.07) is 14.4. The van der Waals surface area contributed by atoms with Gasteiger partial charge in [0.2, 0.25) is 15.0 Å². The number of nitrogens with zero attached hydrogens (tertiary/aromatic N) is 3. The summed E-state index contributed by atoms with van der Waals surface area (Å²) >= 11 is 6.46. The van der Waals surface area contributed by atoms with Crippen molar-refractivity contribution in [1.82, 2.24) is 14.5 Å². The Hall–Kier alpha value is -3.36. The molecule has 0 spiro atoms. The molecule has 4 aromatic rings. The second kappa shape index (κ2) is 9.26. The fraction of sp³-hybridized carbons (Fsp3) is 0.259. The van der Waals surface area contributed by atoms with Crippen molar-refractivity contribution in [2.24, 2.45) is 7.05 Å². The van der Waals surface area contributed by atoms with E-state index in [0.29, 0.717) is 21.5 Å². The Bertz CT molecular complexity index is 1690. The van der Waals surface area contributed by atoms with Crippen molar-refractivity contribution in [3.05, 3.63) is 86.8 Å². The molecule has 0 radical (unpaired) electrons. The highest BCUT2D eigenvalue weighted by Gasteiger charge is 2.19. The van der Waals surface area contributed by atoms with E-state index in [0.717, 1.165) is 17.4 Å². The molecule has 0 atom stereocenters. The van der Waals surface area contributed by atoms with Gasteiger partial charge in [-0.1, -0.05) is 56.6 Å². The van der Waals surface area contributed by atoms with Crippen LogP contribution in [0.1, 0.15) is 42.3 Å². The minimum absolute atomic E-state index is 0.0333. The summed E-state index contributed by atoms with van der Waals surface area (Å²) in [6.07, 6.45) is 2.57. The van der Waals surface area contributed by atoms with Crippen LogP contribution in [0.3, 0.4) is 0 Å². The number of carbonyl (C=O) groups is 1. The van der Waals surface area contributed by atoms with E-state index in [1.165, 1.54) is 17.8 Å². The van der Waals surface area contributed by atoms with E-state index in [1.807, 2.05) is 24.3 Å². The Kier molecular flexibility index (Phi) is 6.62. The molecule has 9 heteroatoms. The van der Waals surface area contributed by atoms with Crippen molar-refractivity contribution < 1.29 is 13.2 Å². The Morgan fingerprint density at radius 1 is 1.06 bits per heavy atom. The zero-order chi connectivity index (χ0) is 26.4. The number of benzene rings is 2. The standard InChI is InChI=1S/C27H26ClN3O4S/c1-27(2,3)19-8-6-7-16(11-19)12-23(32)17-9-10-22(28)20(13-17)21-14-18-15-29-26(36(5,34)35)30-24(18)31(4)25(21)33/h6-11,13-15H,12H2,1-5H3. The first kappa shape index (κ1) is 25.7. The van der Waals surface area contributed by atoms with Gasteiger partial charge in [0.1, 0.15) is 5.65 Å². The third-order valence-electron chi connectivity index (χ3n) is 5.99. The topological polar surface area (TPSA) is 99.0 Å². The molecule has 0 aliphatic carbocycles. The third kappa shape index (κ3) is 5.10. The van der Waals surface area contributed by atoms with Crippen LogP contribution in [0.2, 0.25) is 5.02 Å². The third-order valence-corrected chi connectivity index (χ3v) is 7.18. The van der Waals surface area contributed by atoms with Gasteiger partial charge in [-0.15, -0.1) is 0 Å². The van der Waals surface area contributed by atoms with E-state index in [2.05, 4.69) is 30.7 Å². The van der Waals surface area contributed by atoms with Crippen LogP contribution in [0.4, 0.5) is 0 Å². The van der Waals surface area contributed by atoms with Crippen molar-refractivity contribution in [2.75, 3.05) is 6.26 Å². The van der Waals surface area contributed by atoms with Crippen molar-refractivity contribution in [2.45, 2.75) is 37.8 Å². The molecule has 0 aliphatic rings. The molecule has 186 valence electrons. The van der Waals surface area contributed by atoms with Gasteiger partial charge >= 0.3 is 0 Å². The van der Waals surface area contributed by atoms with Crippen LogP contribution in [0.25, 0.3) is 22.2 Å². The number of ketones is 1. The Labute approximate surface area is 214 Å². The van der Waals surface area contributed by atoms with E-state index in [-0.39, 0.29) is 34.0 Å². The lowest BCUT2D eigenvalue weighted by Gasteiger charge is -2.19. The molecule has 7 nitrogen and oxygen atoms in total. The van der Waals surface area contributed by atoms with Crippen LogP contribution >= 0.6 is 11.6 Å². The number of aryl methyl sites for hydroxylation is 1. The van der Waals surface area contributed by atoms with Gasteiger partial charge in [0, 0.05) is 53.0 Å². The monoisotopic (exact) mass is 523 g/mol. The summed E-state index contributed by atoms with van der Waals surface area (Å²) in [6.45, 7) is 6.36. The fourth-order valence-corrected chi connectivity index (χ4v) is 4.66. The summed E-state index contributed by atoms with van der Waals surface area (Å²) in [5, 5.41) is 0.414. The van der Waals surface area contributed by atoms with Crippen LogP contribution in [-0.4, -0.2) is 35.0 Å². The number of Topliss-reactive ketones (excluding diaryl/α,β-unsaturated/α-hetero) is 1. The van der Waals surface area contributed by atoms with Gasteiger partial charge in [-0.3, -0.25) is 14.2 Å². The normalized spacial score (nSPS) is 12.2. The van der Waals surface area contributed by atoms with Crippen LogP contribution in [0, 0.1) is 0 Å². The second-order valence-electron chi connectivity index (χ2n) is 9.87. The number of hydrogen-bond donors (Lipinski definition) is 0. The number of carbonyl (C=O) groups excluding carboxylic acids is 1. The van der Waals surface area contributed by atoms with Crippen molar-refractivity contribution in [3.63, 3.8) is 0 Å². The van der Waals surface area contributed by atoms with Crippen LogP contribution in [0.5, 0.6) is 0 Å². The Morgan fingerprint density at radius 3 is 2.44 bits per heavy atom. The molecule has 0 saturated heterocycles. The highest BCUT2D eigenvalue weighted by atomic mass is 35.5. The number of pyridine rings is 1. The Morgan fingerprint density at radius 2 is 1.78 bits per heavy atom. The van der Waals surface area contributed by atoms with Crippen molar-refractivity contribution >= 4 is 38.3 Å². The molecule has 0 amide bonds. The number of halogens is 1. The van der Waals surface area contributed by atoms with Crippen LogP contribution < -0.4 is 5.56 Å². The summed E-state index contributed by atoms with van der Waals surface area (Å²) in [5.41, 5.74) is 2.87. The van der Waals surface area contributed by atoms with Gasteiger partial charge in [-0.05, 0) is 40.8 Å². The van der Waals surface area contributed by atoms with E-state index in [9.17, 15) is 18.0 Å². The summed E-state index contributed by atoms with van der Waals surface area (Å²) in [4.78, 5) is 34.4. The molecule has 4 rings (SSSR count). The minimum Gasteiger partial charge on any atom is -0.295 e. The fourth-order valence-electron chi connectivity index (χ4n) is 3.94. The second-order valence-corrected chi connectivity index (χ2v) is 12.2. The molecule has 0 saturated carbocycles. The molecule has 2 heterocycles. The molecule has 36 heavy (non-hydrogen) atoms. The number of hydrogen-bond acceptors (Lipinski definition) is 6. The molecule has 0 aliphatic heterocycles. The first-order valence-corrected chi connectivity index (χ1v) is 13.5. The maximum Gasteiger partial charge on any atom is 0.259 e. The maximum atomic E-state index is 13.2. The zero-order valence-electron chi connectivity index (χ0n) is 20.7. The quantitative estimate of drug-likeness (QED) is 0.276. The smallest absolute Gasteiger partial charge is 0.259 e. The lowest BCUT2D eigenvalue weighted by molar-refractivity contribution is 0.0993. The minimum atomic E-state index is -3.64. The number of sulfone groups is 1. The van der Waals surface area contributed by atoms with Crippen molar-refractivity contribution in [1.29, 1.82) is 0 Å². The lowest BCUT2D eigenvalue weighted by atomic mass is 9.85.